The van der Waals surface area contributed by atoms with Gasteiger partial charge in [-0.1, -0.05) is 78.9 Å². The van der Waals surface area contributed by atoms with E-state index in [2.05, 4.69) is 39.1 Å². The summed E-state index contributed by atoms with van der Waals surface area (Å²) < 4.78 is 31.2. The molecular formula is C27H19BrO3S. The average molecular weight is 503 g/mol. The Bertz CT molecular complexity index is 1580. The molecule has 32 heavy (non-hydrogen) atoms. The van der Waals surface area contributed by atoms with E-state index in [0.717, 1.165) is 38.2 Å². The Kier molecular flexibility index (Phi) is 5.24. The van der Waals surface area contributed by atoms with E-state index in [9.17, 15) is 8.42 Å². The van der Waals surface area contributed by atoms with Crippen LogP contribution >= 0.6 is 14.8 Å². The van der Waals surface area contributed by atoms with E-state index in [1.54, 1.807) is 13.2 Å². The van der Waals surface area contributed by atoms with Crippen molar-refractivity contribution in [3.8, 4) is 28.0 Å². The van der Waals surface area contributed by atoms with Crippen LogP contribution in [0.15, 0.2) is 102 Å². The number of methoxy groups -OCH3 is 1. The van der Waals surface area contributed by atoms with Crippen LogP contribution in [0.5, 0.6) is 5.75 Å². The van der Waals surface area contributed by atoms with Gasteiger partial charge in [0.25, 0.3) is 0 Å². The first-order valence-corrected chi connectivity index (χ1v) is 13.4. The van der Waals surface area contributed by atoms with Crippen LogP contribution in [-0.2, 0) is 8.27 Å². The molecule has 0 aliphatic heterocycles. The van der Waals surface area contributed by atoms with Crippen molar-refractivity contribution in [1.82, 2.24) is 0 Å². The monoisotopic (exact) mass is 502 g/mol. The quantitative estimate of drug-likeness (QED) is 0.240. The lowest BCUT2D eigenvalue weighted by molar-refractivity contribution is 0.417. The van der Waals surface area contributed by atoms with Gasteiger partial charge in [-0.05, 0) is 50.9 Å². The topological polar surface area (TPSA) is 43.4 Å². The maximum absolute atomic E-state index is 12.7. The van der Waals surface area contributed by atoms with Crippen molar-refractivity contribution in [2.24, 2.45) is 0 Å². The molecule has 0 heterocycles. The Morgan fingerprint density at radius 2 is 1.34 bits per heavy atom. The number of hydrogen-bond acceptors (Lipinski definition) is 3. The molecule has 0 fully saturated rings. The van der Waals surface area contributed by atoms with Crippen molar-refractivity contribution >= 4 is 44.6 Å². The zero-order valence-electron chi connectivity index (χ0n) is 17.2. The molecule has 0 aliphatic rings. The Morgan fingerprint density at radius 1 is 0.656 bits per heavy atom. The zero-order chi connectivity index (χ0) is 22.3. The molecule has 5 heteroatoms. The molecule has 0 bridgehead atoms. The molecule has 0 N–H and O–H groups in total. The first-order valence-electron chi connectivity index (χ1n) is 10.1. The van der Waals surface area contributed by atoms with Gasteiger partial charge in [0.05, 0.1) is 26.8 Å². The second-order valence-corrected chi connectivity index (χ2v) is 11.4. The lowest BCUT2D eigenvalue weighted by Crippen LogP contribution is -1.98. The van der Waals surface area contributed by atoms with Gasteiger partial charge in [-0.25, -0.2) is 8.42 Å². The van der Waals surface area contributed by atoms with Crippen molar-refractivity contribution in [2.45, 2.75) is 4.90 Å². The van der Waals surface area contributed by atoms with Crippen molar-refractivity contribution < 1.29 is 13.2 Å². The first-order chi connectivity index (χ1) is 15.5. The fourth-order valence-corrected chi connectivity index (χ4v) is 5.76. The minimum atomic E-state index is -3.66. The van der Waals surface area contributed by atoms with E-state index >= 15 is 0 Å². The number of benzene rings is 5. The van der Waals surface area contributed by atoms with Crippen molar-refractivity contribution in [1.29, 1.82) is 0 Å². The number of fused-ring (bicyclic) bond motifs is 2. The zero-order valence-corrected chi connectivity index (χ0v) is 19.7. The third kappa shape index (κ3) is 3.57. The highest BCUT2D eigenvalue weighted by molar-refractivity contribution is 9.47. The van der Waals surface area contributed by atoms with Gasteiger partial charge in [0.15, 0.2) is 0 Å². The predicted octanol–water partition coefficient (Wildman–Crippen LogP) is 7.42. The van der Waals surface area contributed by atoms with Crippen LogP contribution in [0.4, 0.5) is 0 Å². The molecule has 3 nitrogen and oxygen atoms in total. The van der Waals surface area contributed by atoms with Gasteiger partial charge < -0.3 is 4.74 Å². The summed E-state index contributed by atoms with van der Waals surface area (Å²) in [4.78, 5) is 0.217. The maximum Gasteiger partial charge on any atom is 0.238 e. The van der Waals surface area contributed by atoms with Crippen LogP contribution in [0, 0.1) is 0 Å². The van der Waals surface area contributed by atoms with Gasteiger partial charge in [0.2, 0.25) is 8.27 Å². The smallest absolute Gasteiger partial charge is 0.238 e. The number of ether oxygens (including phenoxy) is 1. The molecule has 0 saturated heterocycles. The lowest BCUT2D eigenvalue weighted by Gasteiger charge is -2.18. The van der Waals surface area contributed by atoms with Gasteiger partial charge >= 0.3 is 0 Å². The van der Waals surface area contributed by atoms with Crippen LogP contribution in [-0.4, -0.2) is 15.5 Å². The summed E-state index contributed by atoms with van der Waals surface area (Å²) in [5.74, 6) is 0.624. The highest BCUT2D eigenvalue weighted by Gasteiger charge is 2.23. The minimum Gasteiger partial charge on any atom is -0.496 e. The molecule has 0 saturated carbocycles. The SMILES string of the molecule is COc1ccc2cc(-c3ccccc3)ccc2c1-c1c(S(=O)(=O)Br)ccc2ccccc12. The van der Waals surface area contributed by atoms with E-state index in [-0.39, 0.29) is 4.90 Å². The summed E-state index contributed by atoms with van der Waals surface area (Å²) in [6.45, 7) is 0. The maximum atomic E-state index is 12.7. The molecule has 5 aromatic rings. The standard InChI is InChI=1S/C27H19BrO3S/c1-31-24-15-12-21-17-20(18-7-3-2-4-8-18)11-14-23(21)26(24)27-22-10-6-5-9-19(22)13-16-25(27)32(28,29)30/h2-17H,1H3. The summed E-state index contributed by atoms with van der Waals surface area (Å²) in [6.07, 6.45) is 0. The highest BCUT2D eigenvalue weighted by Crippen LogP contribution is 2.45. The molecule has 0 unspecified atom stereocenters. The molecule has 158 valence electrons. The number of hydrogen-bond donors (Lipinski definition) is 0. The highest BCUT2D eigenvalue weighted by atomic mass is 79.9. The molecule has 0 radical (unpaired) electrons. The second-order valence-electron chi connectivity index (χ2n) is 7.54. The Morgan fingerprint density at radius 3 is 2.09 bits per heavy atom. The van der Waals surface area contributed by atoms with Crippen LogP contribution < -0.4 is 4.74 Å². The molecule has 0 amide bonds. The van der Waals surface area contributed by atoms with Gasteiger partial charge in [-0.15, -0.1) is 0 Å². The summed E-state index contributed by atoms with van der Waals surface area (Å²) in [5, 5.41) is 3.75. The average Bonchev–Trinajstić information content (AvgIpc) is 2.82. The second kappa shape index (κ2) is 8.08. The third-order valence-corrected chi connectivity index (χ3v) is 7.62. The summed E-state index contributed by atoms with van der Waals surface area (Å²) >= 11 is 2.90. The van der Waals surface area contributed by atoms with Crippen LogP contribution in [0.25, 0.3) is 43.8 Å². The van der Waals surface area contributed by atoms with Crippen LogP contribution in [0.2, 0.25) is 0 Å². The Balaban J connectivity index is 1.89. The van der Waals surface area contributed by atoms with E-state index in [4.69, 9.17) is 4.74 Å². The minimum absolute atomic E-state index is 0.217. The predicted molar refractivity (Wildman–Crippen MR) is 135 cm³/mol. The van der Waals surface area contributed by atoms with Gasteiger partial charge in [0, 0.05) is 11.1 Å². The van der Waals surface area contributed by atoms with Crippen LogP contribution in [0.1, 0.15) is 0 Å². The van der Waals surface area contributed by atoms with Gasteiger partial charge in [-0.3, -0.25) is 0 Å². The van der Waals surface area contributed by atoms with Crippen molar-refractivity contribution in [3.63, 3.8) is 0 Å². The fraction of sp³-hybridized carbons (Fsp3) is 0.0370. The van der Waals surface area contributed by atoms with E-state index in [1.165, 1.54) is 0 Å². The molecule has 0 spiro atoms. The molecule has 0 atom stereocenters. The molecule has 5 aromatic carbocycles. The van der Waals surface area contributed by atoms with E-state index in [1.807, 2.05) is 66.7 Å². The number of rotatable bonds is 4. The van der Waals surface area contributed by atoms with Gasteiger partial charge in [0.1, 0.15) is 5.75 Å². The third-order valence-electron chi connectivity index (χ3n) is 5.71. The summed E-state index contributed by atoms with van der Waals surface area (Å²) in [7, 11) is -2.05. The molecule has 0 aromatic heterocycles. The number of halogens is 1. The van der Waals surface area contributed by atoms with Gasteiger partial charge in [-0.2, -0.15) is 0 Å². The largest absolute Gasteiger partial charge is 0.496 e. The first kappa shape index (κ1) is 20.7. The Hall–Kier alpha value is -3.15. The summed E-state index contributed by atoms with van der Waals surface area (Å²) in [6, 6.07) is 31.6. The van der Waals surface area contributed by atoms with E-state index in [0.29, 0.717) is 11.3 Å². The Labute approximate surface area is 194 Å². The lowest BCUT2D eigenvalue weighted by atomic mass is 9.91. The molecular weight excluding hydrogens is 484 g/mol. The van der Waals surface area contributed by atoms with Crippen LogP contribution in [0.3, 0.4) is 0 Å². The van der Waals surface area contributed by atoms with Crippen molar-refractivity contribution in [3.05, 3.63) is 97.1 Å². The molecule has 0 aliphatic carbocycles. The molecule has 5 rings (SSSR count). The fourth-order valence-electron chi connectivity index (χ4n) is 4.26. The van der Waals surface area contributed by atoms with E-state index < -0.39 is 8.27 Å². The summed E-state index contributed by atoms with van der Waals surface area (Å²) in [5.41, 5.74) is 3.62. The van der Waals surface area contributed by atoms with Crippen molar-refractivity contribution in [2.75, 3.05) is 7.11 Å². The normalized spacial score (nSPS) is 11.7.